The van der Waals surface area contributed by atoms with Gasteiger partial charge >= 0.3 is 0 Å². The van der Waals surface area contributed by atoms with E-state index in [1.54, 1.807) is 17.7 Å². The molecule has 10 heavy (non-hydrogen) atoms. The molecule has 0 fully saturated rings. The van der Waals surface area contributed by atoms with E-state index in [0.29, 0.717) is 0 Å². The second kappa shape index (κ2) is 1.95. The van der Waals surface area contributed by atoms with Crippen molar-refractivity contribution >= 4 is 28.4 Å². The predicted octanol–water partition coefficient (Wildman–Crippen LogP) is 1.98. The summed E-state index contributed by atoms with van der Waals surface area (Å²) in [4.78, 5) is 4.12. The standard InChI is InChI=1S/C7H6N2S/c1-5-6-2-3-10-7(6)9-4-8-5/h2-4H,1H2,(H,8,9). The van der Waals surface area contributed by atoms with Crippen LogP contribution in [0.1, 0.15) is 5.56 Å². The Morgan fingerprint density at radius 3 is 3.30 bits per heavy atom. The molecule has 1 aliphatic rings. The van der Waals surface area contributed by atoms with Gasteiger partial charge in [-0.1, -0.05) is 6.58 Å². The maximum atomic E-state index is 4.12. The summed E-state index contributed by atoms with van der Waals surface area (Å²) >= 11 is 1.63. The van der Waals surface area contributed by atoms with Gasteiger partial charge in [0.1, 0.15) is 5.00 Å². The van der Waals surface area contributed by atoms with E-state index in [9.17, 15) is 0 Å². The lowest BCUT2D eigenvalue weighted by Gasteiger charge is -2.07. The van der Waals surface area contributed by atoms with Gasteiger partial charge in [0.25, 0.3) is 0 Å². The van der Waals surface area contributed by atoms with E-state index in [4.69, 9.17) is 0 Å². The van der Waals surface area contributed by atoms with Crippen LogP contribution in [0, 0.1) is 0 Å². The van der Waals surface area contributed by atoms with Crippen LogP contribution in [0.3, 0.4) is 0 Å². The Hall–Kier alpha value is -1.09. The maximum absolute atomic E-state index is 4.12. The predicted molar refractivity (Wildman–Crippen MR) is 44.6 cm³/mol. The van der Waals surface area contributed by atoms with Crippen LogP contribution in [0.4, 0.5) is 5.00 Å². The molecular formula is C7H6N2S. The van der Waals surface area contributed by atoms with Crippen molar-refractivity contribution in [1.82, 2.24) is 5.32 Å². The summed E-state index contributed by atoms with van der Waals surface area (Å²) in [6, 6.07) is 2.02. The highest BCUT2D eigenvalue weighted by Gasteiger charge is 2.08. The fourth-order valence-electron chi connectivity index (χ4n) is 0.877. The van der Waals surface area contributed by atoms with Gasteiger partial charge in [-0.05, 0) is 11.4 Å². The molecule has 1 N–H and O–H groups in total. The Morgan fingerprint density at radius 2 is 2.50 bits per heavy atom. The molecule has 50 valence electrons. The topological polar surface area (TPSA) is 24.4 Å². The molecule has 2 nitrogen and oxygen atoms in total. The van der Waals surface area contributed by atoms with E-state index >= 15 is 0 Å². The summed E-state index contributed by atoms with van der Waals surface area (Å²) < 4.78 is 0. The first-order valence-electron chi connectivity index (χ1n) is 2.94. The molecular weight excluding hydrogens is 144 g/mol. The van der Waals surface area contributed by atoms with E-state index in [0.717, 1.165) is 16.3 Å². The summed E-state index contributed by atoms with van der Waals surface area (Å²) in [5.41, 5.74) is 2.05. The third-order valence-electron chi connectivity index (χ3n) is 1.39. The Balaban J connectivity index is 2.62. The lowest BCUT2D eigenvalue weighted by Crippen LogP contribution is -2.10. The summed E-state index contributed by atoms with van der Waals surface area (Å²) in [7, 11) is 0. The van der Waals surface area contributed by atoms with Gasteiger partial charge in [0.15, 0.2) is 0 Å². The summed E-state index contributed by atoms with van der Waals surface area (Å²) in [5, 5.41) is 6.00. The van der Waals surface area contributed by atoms with Crippen LogP contribution in [0.25, 0.3) is 5.70 Å². The van der Waals surface area contributed by atoms with Gasteiger partial charge < -0.3 is 5.32 Å². The minimum Gasteiger partial charge on any atom is -0.346 e. The first kappa shape index (κ1) is 5.68. The van der Waals surface area contributed by atoms with Crippen molar-refractivity contribution < 1.29 is 0 Å². The Bertz CT molecular complexity index is 298. The molecule has 0 unspecified atom stereocenters. The fraction of sp³-hybridized carbons (Fsp3) is 0. The molecule has 0 aromatic carbocycles. The summed E-state index contributed by atoms with van der Waals surface area (Å²) in [6.07, 6.45) is 1.67. The quantitative estimate of drug-likeness (QED) is 0.601. The van der Waals surface area contributed by atoms with Crippen LogP contribution in [0.2, 0.25) is 0 Å². The molecule has 0 aliphatic carbocycles. The fourth-order valence-corrected chi connectivity index (χ4v) is 1.64. The van der Waals surface area contributed by atoms with E-state index < -0.39 is 0 Å². The molecule has 0 amide bonds. The number of fused-ring (bicyclic) bond motifs is 1. The smallest absolute Gasteiger partial charge is 0.127 e. The number of thiophene rings is 1. The number of nitrogens with zero attached hydrogens (tertiary/aromatic N) is 1. The molecule has 0 radical (unpaired) electrons. The molecule has 0 saturated heterocycles. The van der Waals surface area contributed by atoms with Gasteiger partial charge in [-0.2, -0.15) is 0 Å². The Kier molecular flexibility index (Phi) is 1.11. The number of nitrogens with one attached hydrogen (secondary N) is 1. The van der Waals surface area contributed by atoms with Crippen molar-refractivity contribution in [3.63, 3.8) is 0 Å². The zero-order valence-corrected chi connectivity index (χ0v) is 6.11. The molecule has 1 aromatic rings. The molecule has 0 spiro atoms. The van der Waals surface area contributed by atoms with Crippen molar-refractivity contribution in [3.8, 4) is 0 Å². The van der Waals surface area contributed by atoms with Crippen molar-refractivity contribution in [3.05, 3.63) is 23.6 Å². The van der Waals surface area contributed by atoms with Crippen molar-refractivity contribution in [1.29, 1.82) is 0 Å². The van der Waals surface area contributed by atoms with Crippen LogP contribution in [0.15, 0.2) is 23.0 Å². The van der Waals surface area contributed by atoms with Gasteiger partial charge in [0.2, 0.25) is 0 Å². The van der Waals surface area contributed by atoms with Gasteiger partial charge in [-0.3, -0.25) is 0 Å². The first-order valence-corrected chi connectivity index (χ1v) is 3.82. The SMILES string of the molecule is C=C1NC=Nc2sccc21. The van der Waals surface area contributed by atoms with Crippen molar-refractivity contribution in [2.75, 3.05) is 0 Å². The highest BCUT2D eigenvalue weighted by atomic mass is 32.1. The van der Waals surface area contributed by atoms with Gasteiger partial charge in [-0.15, -0.1) is 11.3 Å². The molecule has 0 atom stereocenters. The lowest BCUT2D eigenvalue weighted by atomic mass is 10.2. The monoisotopic (exact) mass is 150 g/mol. The highest BCUT2D eigenvalue weighted by Crippen LogP contribution is 2.31. The van der Waals surface area contributed by atoms with Gasteiger partial charge in [-0.25, -0.2) is 4.99 Å². The van der Waals surface area contributed by atoms with E-state index in [1.807, 2.05) is 11.4 Å². The average molecular weight is 150 g/mol. The Morgan fingerprint density at radius 1 is 1.60 bits per heavy atom. The zero-order chi connectivity index (χ0) is 6.97. The third-order valence-corrected chi connectivity index (χ3v) is 2.21. The normalized spacial score (nSPS) is 14.6. The molecule has 1 aliphatic heterocycles. The van der Waals surface area contributed by atoms with Crippen LogP contribution in [-0.2, 0) is 0 Å². The minimum atomic E-state index is 0.936. The van der Waals surface area contributed by atoms with Crippen LogP contribution < -0.4 is 5.32 Å². The van der Waals surface area contributed by atoms with Crippen LogP contribution >= 0.6 is 11.3 Å². The van der Waals surface area contributed by atoms with Crippen LogP contribution in [0.5, 0.6) is 0 Å². The molecule has 2 heterocycles. The van der Waals surface area contributed by atoms with Gasteiger partial charge in [0, 0.05) is 11.3 Å². The molecule has 0 bridgehead atoms. The second-order valence-electron chi connectivity index (χ2n) is 2.02. The number of hydrogen-bond acceptors (Lipinski definition) is 3. The number of aliphatic imine (C=N–C) groups is 1. The van der Waals surface area contributed by atoms with Crippen LogP contribution in [-0.4, -0.2) is 6.34 Å². The minimum absolute atomic E-state index is 0.936. The number of rotatable bonds is 0. The molecule has 3 heteroatoms. The number of hydrogen-bond donors (Lipinski definition) is 1. The highest BCUT2D eigenvalue weighted by molar-refractivity contribution is 7.14. The van der Waals surface area contributed by atoms with E-state index in [-0.39, 0.29) is 0 Å². The summed E-state index contributed by atoms with van der Waals surface area (Å²) in [5.74, 6) is 0. The summed E-state index contributed by atoms with van der Waals surface area (Å²) in [6.45, 7) is 3.83. The molecule has 1 aromatic heterocycles. The van der Waals surface area contributed by atoms with E-state index in [1.165, 1.54) is 0 Å². The first-order chi connectivity index (χ1) is 4.88. The lowest BCUT2D eigenvalue weighted by molar-refractivity contribution is 1.30. The molecule has 0 saturated carbocycles. The average Bonchev–Trinajstić information content (AvgIpc) is 2.36. The van der Waals surface area contributed by atoms with Crippen molar-refractivity contribution in [2.45, 2.75) is 0 Å². The van der Waals surface area contributed by atoms with Crippen molar-refractivity contribution in [2.24, 2.45) is 4.99 Å². The van der Waals surface area contributed by atoms with E-state index in [2.05, 4.69) is 16.9 Å². The van der Waals surface area contributed by atoms with Gasteiger partial charge in [0.05, 0.1) is 6.34 Å². The maximum Gasteiger partial charge on any atom is 0.127 e. The third kappa shape index (κ3) is 0.675. The zero-order valence-electron chi connectivity index (χ0n) is 5.29. The Labute approximate surface area is 62.9 Å². The molecule has 2 rings (SSSR count). The largest absolute Gasteiger partial charge is 0.346 e. The second-order valence-corrected chi connectivity index (χ2v) is 2.92.